The van der Waals surface area contributed by atoms with Crippen LogP contribution in [0.1, 0.15) is 27.5 Å². The highest BCUT2D eigenvalue weighted by atomic mass is 19.1. The highest BCUT2D eigenvalue weighted by Crippen LogP contribution is 2.24. The molecule has 2 N–H and O–H groups in total. The second-order valence-electron chi connectivity index (χ2n) is 6.38. The summed E-state index contributed by atoms with van der Waals surface area (Å²) in [5.74, 6) is -0.667. The number of ether oxygens (including phenoxy) is 1. The van der Waals surface area contributed by atoms with Gasteiger partial charge in [-0.2, -0.15) is 0 Å². The average Bonchev–Trinajstić information content (AvgIpc) is 2.76. The van der Waals surface area contributed by atoms with E-state index in [1.165, 1.54) is 18.2 Å². The van der Waals surface area contributed by atoms with E-state index < -0.39 is 11.7 Å². The Labute approximate surface area is 168 Å². The van der Waals surface area contributed by atoms with Crippen LogP contribution in [0.4, 0.5) is 4.39 Å². The summed E-state index contributed by atoms with van der Waals surface area (Å²) < 4.78 is 18.4. The van der Waals surface area contributed by atoms with Gasteiger partial charge in [0.05, 0.1) is 19.7 Å². The summed E-state index contributed by atoms with van der Waals surface area (Å²) in [5.41, 5.74) is 1.94. The van der Waals surface area contributed by atoms with Crippen LogP contribution in [0.2, 0.25) is 0 Å². The molecule has 0 saturated carbocycles. The minimum absolute atomic E-state index is 0.160. The zero-order valence-corrected chi connectivity index (χ0v) is 15.9. The fourth-order valence-electron chi connectivity index (χ4n) is 2.91. The maximum Gasteiger partial charge on any atom is 0.251 e. The average molecular weight is 392 g/mol. The van der Waals surface area contributed by atoms with Crippen LogP contribution in [-0.2, 0) is 4.79 Å². The van der Waals surface area contributed by atoms with Crippen molar-refractivity contribution in [1.29, 1.82) is 0 Å². The highest BCUT2D eigenvalue weighted by molar-refractivity contribution is 5.96. The van der Waals surface area contributed by atoms with Gasteiger partial charge in [0.1, 0.15) is 11.6 Å². The van der Waals surface area contributed by atoms with Crippen LogP contribution in [0, 0.1) is 5.82 Å². The minimum Gasteiger partial charge on any atom is -0.497 e. The summed E-state index contributed by atoms with van der Waals surface area (Å²) in [6, 6.07) is 21.8. The molecule has 6 heteroatoms. The highest BCUT2D eigenvalue weighted by Gasteiger charge is 2.17. The molecule has 0 heterocycles. The van der Waals surface area contributed by atoms with Crippen molar-refractivity contribution in [3.63, 3.8) is 0 Å². The van der Waals surface area contributed by atoms with Crippen LogP contribution in [-0.4, -0.2) is 25.5 Å². The molecular weight excluding hydrogens is 371 g/mol. The number of halogens is 1. The molecule has 2 amide bonds. The lowest BCUT2D eigenvalue weighted by Gasteiger charge is -2.20. The number of nitrogens with one attached hydrogen (secondary N) is 2. The van der Waals surface area contributed by atoms with Gasteiger partial charge in [0, 0.05) is 5.56 Å². The second kappa shape index (κ2) is 9.50. The number of hydrogen-bond acceptors (Lipinski definition) is 3. The predicted molar refractivity (Wildman–Crippen MR) is 108 cm³/mol. The third kappa shape index (κ3) is 5.42. The molecule has 0 saturated heterocycles. The van der Waals surface area contributed by atoms with E-state index in [4.69, 9.17) is 4.74 Å². The Bertz CT molecular complexity index is 975. The topological polar surface area (TPSA) is 67.4 Å². The van der Waals surface area contributed by atoms with Gasteiger partial charge < -0.3 is 15.4 Å². The van der Waals surface area contributed by atoms with Crippen LogP contribution in [0.15, 0.2) is 78.9 Å². The van der Waals surface area contributed by atoms with Gasteiger partial charge in [0.25, 0.3) is 5.91 Å². The Morgan fingerprint density at radius 3 is 2.28 bits per heavy atom. The van der Waals surface area contributed by atoms with Crippen LogP contribution in [0.5, 0.6) is 5.75 Å². The third-order valence-electron chi connectivity index (χ3n) is 4.38. The largest absolute Gasteiger partial charge is 0.497 e. The summed E-state index contributed by atoms with van der Waals surface area (Å²) in [6.45, 7) is -0.227. The molecule has 1 atom stereocenters. The molecule has 0 fully saturated rings. The van der Waals surface area contributed by atoms with Crippen LogP contribution in [0.25, 0.3) is 0 Å². The molecule has 0 aliphatic carbocycles. The first kappa shape index (κ1) is 20.1. The van der Waals surface area contributed by atoms with Crippen LogP contribution >= 0.6 is 0 Å². The summed E-state index contributed by atoms with van der Waals surface area (Å²) in [7, 11) is 1.59. The van der Waals surface area contributed by atoms with Crippen molar-refractivity contribution >= 4 is 11.8 Å². The number of benzene rings is 3. The van der Waals surface area contributed by atoms with Crippen molar-refractivity contribution in [3.05, 3.63) is 101 Å². The number of hydrogen-bond donors (Lipinski definition) is 2. The van der Waals surface area contributed by atoms with Crippen LogP contribution < -0.4 is 15.4 Å². The van der Waals surface area contributed by atoms with Crippen molar-refractivity contribution in [1.82, 2.24) is 10.6 Å². The maximum absolute atomic E-state index is 13.3. The van der Waals surface area contributed by atoms with Gasteiger partial charge in [-0.25, -0.2) is 4.39 Å². The SMILES string of the molecule is COc1ccc(C(NC(=O)CNC(=O)c2cccc(F)c2)c2ccccc2)cc1. The molecule has 3 aromatic rings. The van der Waals surface area contributed by atoms with Gasteiger partial charge in [0.2, 0.25) is 5.91 Å². The maximum atomic E-state index is 13.3. The first-order valence-corrected chi connectivity index (χ1v) is 9.09. The standard InChI is InChI=1S/C23H21FN2O3/c1-29-20-12-10-17(11-13-20)22(16-6-3-2-4-7-16)26-21(27)15-25-23(28)18-8-5-9-19(24)14-18/h2-14,22H,15H2,1H3,(H,25,28)(H,26,27). The molecule has 0 aliphatic heterocycles. The second-order valence-corrected chi connectivity index (χ2v) is 6.38. The number of rotatable bonds is 7. The fraction of sp³-hybridized carbons (Fsp3) is 0.130. The van der Waals surface area contributed by atoms with Gasteiger partial charge in [-0.05, 0) is 41.5 Å². The van der Waals surface area contributed by atoms with Crippen molar-refractivity contribution < 1.29 is 18.7 Å². The first-order valence-electron chi connectivity index (χ1n) is 9.09. The number of carbonyl (C=O) groups excluding carboxylic acids is 2. The zero-order valence-electron chi connectivity index (χ0n) is 15.9. The van der Waals surface area contributed by atoms with Gasteiger partial charge >= 0.3 is 0 Å². The lowest BCUT2D eigenvalue weighted by molar-refractivity contribution is -0.120. The summed E-state index contributed by atoms with van der Waals surface area (Å²) in [4.78, 5) is 24.6. The quantitative estimate of drug-likeness (QED) is 0.647. The summed E-state index contributed by atoms with van der Waals surface area (Å²) >= 11 is 0. The summed E-state index contributed by atoms with van der Waals surface area (Å²) in [6.07, 6.45) is 0. The van der Waals surface area contributed by atoms with Crippen molar-refractivity contribution in [2.75, 3.05) is 13.7 Å². The Hall–Kier alpha value is -3.67. The van der Waals surface area contributed by atoms with Gasteiger partial charge in [0.15, 0.2) is 0 Å². The zero-order chi connectivity index (χ0) is 20.6. The first-order chi connectivity index (χ1) is 14.1. The molecule has 0 aliphatic rings. The van der Waals surface area contributed by atoms with Crippen LogP contribution in [0.3, 0.4) is 0 Å². The molecule has 148 valence electrons. The van der Waals surface area contributed by atoms with Crippen molar-refractivity contribution in [2.24, 2.45) is 0 Å². The number of amides is 2. The Balaban J connectivity index is 1.70. The smallest absolute Gasteiger partial charge is 0.251 e. The monoisotopic (exact) mass is 392 g/mol. The van der Waals surface area contributed by atoms with Crippen molar-refractivity contribution in [2.45, 2.75) is 6.04 Å². The molecule has 0 spiro atoms. The minimum atomic E-state index is -0.514. The molecule has 5 nitrogen and oxygen atoms in total. The van der Waals surface area contributed by atoms with Gasteiger partial charge in [-0.15, -0.1) is 0 Å². The normalized spacial score (nSPS) is 11.4. The number of carbonyl (C=O) groups is 2. The van der Waals surface area contributed by atoms with E-state index >= 15 is 0 Å². The molecule has 3 rings (SSSR count). The lowest BCUT2D eigenvalue weighted by Crippen LogP contribution is -2.39. The fourth-order valence-corrected chi connectivity index (χ4v) is 2.91. The Morgan fingerprint density at radius 1 is 0.931 bits per heavy atom. The lowest BCUT2D eigenvalue weighted by atomic mass is 9.98. The molecule has 0 aromatic heterocycles. The molecule has 1 unspecified atom stereocenters. The molecule has 0 radical (unpaired) electrons. The van der Waals surface area contributed by atoms with Crippen molar-refractivity contribution in [3.8, 4) is 5.75 Å². The molecule has 0 bridgehead atoms. The summed E-state index contributed by atoms with van der Waals surface area (Å²) in [5, 5.41) is 5.45. The van der Waals surface area contributed by atoms with E-state index in [-0.39, 0.29) is 24.1 Å². The Kier molecular flexibility index (Phi) is 6.58. The van der Waals surface area contributed by atoms with Gasteiger partial charge in [-0.3, -0.25) is 9.59 Å². The molecular formula is C23H21FN2O3. The van der Waals surface area contributed by atoms with E-state index in [9.17, 15) is 14.0 Å². The predicted octanol–water partition coefficient (Wildman–Crippen LogP) is 3.47. The van der Waals surface area contributed by atoms with E-state index in [1.807, 2.05) is 54.6 Å². The number of methoxy groups -OCH3 is 1. The third-order valence-corrected chi connectivity index (χ3v) is 4.38. The van der Waals surface area contributed by atoms with E-state index in [0.29, 0.717) is 5.75 Å². The van der Waals surface area contributed by atoms with E-state index in [1.54, 1.807) is 7.11 Å². The Morgan fingerprint density at radius 2 is 1.62 bits per heavy atom. The van der Waals surface area contributed by atoms with Gasteiger partial charge in [-0.1, -0.05) is 48.5 Å². The van der Waals surface area contributed by atoms with E-state index in [0.717, 1.165) is 17.2 Å². The molecule has 29 heavy (non-hydrogen) atoms. The molecule has 3 aromatic carbocycles. The van der Waals surface area contributed by atoms with E-state index in [2.05, 4.69) is 10.6 Å².